The molecule has 1 rings (SSSR count). The van der Waals surface area contributed by atoms with Gasteiger partial charge in [0.25, 0.3) is 0 Å². The van der Waals surface area contributed by atoms with Crippen LogP contribution in [0.4, 0.5) is 5.69 Å². The van der Waals surface area contributed by atoms with E-state index in [-0.39, 0.29) is 0 Å². The minimum Gasteiger partial charge on any atom is -0.399 e. The lowest BCUT2D eigenvalue weighted by Gasteiger charge is -2.22. The normalized spacial score (nSPS) is 13.4. The Labute approximate surface area is 97.9 Å². The first-order chi connectivity index (χ1) is 7.49. The Morgan fingerprint density at radius 2 is 1.75 bits per heavy atom. The first-order valence-electron chi connectivity index (χ1n) is 5.71. The quantitative estimate of drug-likeness (QED) is 0.748. The standard InChI is InChI=1S/C13H22N2O/c1-10(2)8-15(3)9-13(16)11-4-6-12(14)7-5-11/h4-7,10,13,16H,8-9,14H2,1-3H3. The number of aliphatic hydroxyl groups excluding tert-OH is 1. The summed E-state index contributed by atoms with van der Waals surface area (Å²) in [6, 6.07) is 7.40. The van der Waals surface area contributed by atoms with Crippen LogP contribution in [-0.2, 0) is 0 Å². The second-order valence-corrected chi connectivity index (χ2v) is 4.80. The van der Waals surface area contributed by atoms with Gasteiger partial charge in [0.05, 0.1) is 6.10 Å². The van der Waals surface area contributed by atoms with E-state index in [0.29, 0.717) is 12.5 Å². The first kappa shape index (κ1) is 13.0. The van der Waals surface area contributed by atoms with Crippen LogP contribution in [0, 0.1) is 5.92 Å². The summed E-state index contributed by atoms with van der Waals surface area (Å²) < 4.78 is 0. The average Bonchev–Trinajstić information content (AvgIpc) is 2.16. The maximum Gasteiger partial charge on any atom is 0.0916 e. The van der Waals surface area contributed by atoms with E-state index >= 15 is 0 Å². The Hall–Kier alpha value is -1.06. The van der Waals surface area contributed by atoms with E-state index in [9.17, 15) is 5.11 Å². The number of benzene rings is 1. The van der Waals surface area contributed by atoms with Gasteiger partial charge in [-0.15, -0.1) is 0 Å². The van der Waals surface area contributed by atoms with Gasteiger partial charge in [-0.05, 0) is 30.7 Å². The monoisotopic (exact) mass is 222 g/mol. The lowest BCUT2D eigenvalue weighted by Crippen LogP contribution is -2.28. The smallest absolute Gasteiger partial charge is 0.0916 e. The lowest BCUT2D eigenvalue weighted by atomic mass is 10.1. The van der Waals surface area contributed by atoms with Gasteiger partial charge in [-0.2, -0.15) is 0 Å². The molecule has 0 fully saturated rings. The molecule has 1 atom stereocenters. The molecule has 3 N–H and O–H groups in total. The second-order valence-electron chi connectivity index (χ2n) is 4.80. The van der Waals surface area contributed by atoms with Gasteiger partial charge >= 0.3 is 0 Å². The number of hydrogen-bond donors (Lipinski definition) is 2. The van der Waals surface area contributed by atoms with Crippen molar-refractivity contribution in [3.63, 3.8) is 0 Å². The summed E-state index contributed by atoms with van der Waals surface area (Å²) in [6.45, 7) is 5.99. The predicted molar refractivity (Wildman–Crippen MR) is 68.1 cm³/mol. The first-order valence-corrected chi connectivity index (χ1v) is 5.71. The van der Waals surface area contributed by atoms with Crippen molar-refractivity contribution in [3.05, 3.63) is 29.8 Å². The molecular weight excluding hydrogens is 200 g/mol. The summed E-state index contributed by atoms with van der Waals surface area (Å²) in [6.07, 6.45) is -0.440. The Morgan fingerprint density at radius 1 is 1.19 bits per heavy atom. The highest BCUT2D eigenvalue weighted by Gasteiger charge is 2.11. The van der Waals surface area contributed by atoms with Gasteiger partial charge in [-0.25, -0.2) is 0 Å². The topological polar surface area (TPSA) is 49.5 Å². The number of aliphatic hydroxyl groups is 1. The Balaban J connectivity index is 2.51. The molecule has 3 heteroatoms. The molecule has 90 valence electrons. The highest BCUT2D eigenvalue weighted by molar-refractivity contribution is 5.39. The number of nitrogens with two attached hydrogens (primary N) is 1. The van der Waals surface area contributed by atoms with Crippen molar-refractivity contribution in [2.45, 2.75) is 20.0 Å². The molecule has 0 radical (unpaired) electrons. The molecule has 0 saturated heterocycles. The maximum absolute atomic E-state index is 10.0. The molecule has 1 aromatic carbocycles. The van der Waals surface area contributed by atoms with Gasteiger partial charge in [0.1, 0.15) is 0 Å². The summed E-state index contributed by atoms with van der Waals surface area (Å²) in [5, 5.41) is 10.0. The Bertz CT molecular complexity index is 308. The van der Waals surface area contributed by atoms with Crippen LogP contribution >= 0.6 is 0 Å². The average molecular weight is 222 g/mol. The van der Waals surface area contributed by atoms with E-state index < -0.39 is 6.10 Å². The SMILES string of the molecule is CC(C)CN(C)CC(O)c1ccc(N)cc1. The summed E-state index contributed by atoms with van der Waals surface area (Å²) in [5.74, 6) is 0.614. The number of rotatable bonds is 5. The van der Waals surface area contributed by atoms with E-state index in [2.05, 4.69) is 18.7 Å². The fourth-order valence-corrected chi connectivity index (χ4v) is 1.82. The summed E-state index contributed by atoms with van der Waals surface area (Å²) in [7, 11) is 2.03. The van der Waals surface area contributed by atoms with E-state index in [1.54, 1.807) is 0 Å². The van der Waals surface area contributed by atoms with Gasteiger partial charge in [0, 0.05) is 18.8 Å². The van der Waals surface area contributed by atoms with Crippen molar-refractivity contribution in [1.82, 2.24) is 4.90 Å². The van der Waals surface area contributed by atoms with Crippen LogP contribution in [-0.4, -0.2) is 30.1 Å². The van der Waals surface area contributed by atoms with Gasteiger partial charge in [-0.3, -0.25) is 0 Å². The molecule has 1 unspecified atom stereocenters. The highest BCUT2D eigenvalue weighted by atomic mass is 16.3. The fourth-order valence-electron chi connectivity index (χ4n) is 1.82. The maximum atomic E-state index is 10.0. The van der Waals surface area contributed by atoms with Crippen LogP contribution in [0.1, 0.15) is 25.5 Å². The minimum absolute atomic E-state index is 0.440. The van der Waals surface area contributed by atoms with Gasteiger partial charge in [0.2, 0.25) is 0 Å². The number of hydrogen-bond acceptors (Lipinski definition) is 3. The third-order valence-electron chi connectivity index (χ3n) is 2.48. The van der Waals surface area contributed by atoms with E-state index in [4.69, 9.17) is 5.73 Å². The minimum atomic E-state index is -0.440. The van der Waals surface area contributed by atoms with Crippen molar-refractivity contribution in [2.75, 3.05) is 25.9 Å². The zero-order valence-corrected chi connectivity index (χ0v) is 10.4. The van der Waals surface area contributed by atoms with Crippen LogP contribution in [0.3, 0.4) is 0 Å². The van der Waals surface area contributed by atoms with Crippen molar-refractivity contribution in [3.8, 4) is 0 Å². The third kappa shape index (κ3) is 4.21. The molecule has 16 heavy (non-hydrogen) atoms. The molecule has 0 amide bonds. The fraction of sp³-hybridized carbons (Fsp3) is 0.538. The highest BCUT2D eigenvalue weighted by Crippen LogP contribution is 2.15. The van der Waals surface area contributed by atoms with Gasteiger partial charge in [0.15, 0.2) is 0 Å². The molecule has 1 aromatic rings. The summed E-state index contributed by atoms with van der Waals surface area (Å²) >= 11 is 0. The molecule has 0 aliphatic heterocycles. The Morgan fingerprint density at radius 3 is 2.25 bits per heavy atom. The van der Waals surface area contributed by atoms with Gasteiger partial charge < -0.3 is 15.7 Å². The largest absolute Gasteiger partial charge is 0.399 e. The van der Waals surface area contributed by atoms with Crippen molar-refractivity contribution in [2.24, 2.45) is 5.92 Å². The zero-order chi connectivity index (χ0) is 12.1. The van der Waals surface area contributed by atoms with Crippen LogP contribution in [0.15, 0.2) is 24.3 Å². The van der Waals surface area contributed by atoms with Gasteiger partial charge in [-0.1, -0.05) is 26.0 Å². The molecule has 0 bridgehead atoms. The van der Waals surface area contributed by atoms with Crippen LogP contribution < -0.4 is 5.73 Å². The molecule has 0 saturated carbocycles. The van der Waals surface area contributed by atoms with Crippen molar-refractivity contribution < 1.29 is 5.11 Å². The van der Waals surface area contributed by atoms with Crippen LogP contribution in [0.5, 0.6) is 0 Å². The molecule has 0 aliphatic carbocycles. The number of anilines is 1. The van der Waals surface area contributed by atoms with Crippen LogP contribution in [0.25, 0.3) is 0 Å². The Kier molecular flexibility index (Phi) is 4.77. The zero-order valence-electron chi connectivity index (χ0n) is 10.4. The summed E-state index contributed by atoms with van der Waals surface area (Å²) in [4.78, 5) is 2.14. The van der Waals surface area contributed by atoms with E-state index in [0.717, 1.165) is 17.8 Å². The molecule has 0 aromatic heterocycles. The third-order valence-corrected chi connectivity index (χ3v) is 2.48. The summed E-state index contributed by atoms with van der Waals surface area (Å²) in [5.41, 5.74) is 7.25. The van der Waals surface area contributed by atoms with E-state index in [1.807, 2.05) is 31.3 Å². The second kappa shape index (κ2) is 5.87. The number of nitrogens with zero attached hydrogens (tertiary/aromatic N) is 1. The molecule has 0 aliphatic rings. The molecule has 3 nitrogen and oxygen atoms in total. The van der Waals surface area contributed by atoms with E-state index in [1.165, 1.54) is 0 Å². The van der Waals surface area contributed by atoms with Crippen molar-refractivity contribution in [1.29, 1.82) is 0 Å². The number of nitrogen functional groups attached to an aromatic ring is 1. The predicted octanol–water partition coefficient (Wildman–Crippen LogP) is 1.89. The lowest BCUT2D eigenvalue weighted by molar-refractivity contribution is 0.121. The number of likely N-dealkylation sites (N-methyl/N-ethyl adjacent to an activating group) is 1. The molecular formula is C13H22N2O. The molecule has 0 heterocycles. The van der Waals surface area contributed by atoms with Crippen LogP contribution in [0.2, 0.25) is 0 Å². The molecule has 0 spiro atoms. The van der Waals surface area contributed by atoms with Crippen molar-refractivity contribution >= 4 is 5.69 Å².